The molecule has 1 aromatic carbocycles. The number of aryl methyl sites for hydroxylation is 1. The molecule has 5 heteroatoms. The molecule has 90 valence electrons. The second-order valence-corrected chi connectivity index (χ2v) is 5.34. The van der Waals surface area contributed by atoms with E-state index < -0.39 is 0 Å². The van der Waals surface area contributed by atoms with Crippen LogP contribution in [0.5, 0.6) is 0 Å². The molecular formula is C12H12ClFN2S. The van der Waals surface area contributed by atoms with Crippen molar-refractivity contribution in [1.29, 1.82) is 0 Å². The van der Waals surface area contributed by atoms with Gasteiger partial charge in [-0.05, 0) is 31.0 Å². The SMILES string of the molecule is Cc1nc(C(N)Cc2ccc(Cl)cc2F)cs1. The Morgan fingerprint density at radius 1 is 1.53 bits per heavy atom. The first-order chi connectivity index (χ1) is 8.06. The van der Waals surface area contributed by atoms with E-state index in [9.17, 15) is 4.39 Å². The molecule has 0 radical (unpaired) electrons. The van der Waals surface area contributed by atoms with Crippen LogP contribution < -0.4 is 5.73 Å². The molecule has 0 fully saturated rings. The van der Waals surface area contributed by atoms with Crippen LogP contribution in [0.15, 0.2) is 23.6 Å². The van der Waals surface area contributed by atoms with Crippen LogP contribution >= 0.6 is 22.9 Å². The molecule has 2 nitrogen and oxygen atoms in total. The first-order valence-corrected chi connectivity index (χ1v) is 6.43. The van der Waals surface area contributed by atoms with Gasteiger partial charge in [0.25, 0.3) is 0 Å². The van der Waals surface area contributed by atoms with E-state index in [1.807, 2.05) is 12.3 Å². The normalized spacial score (nSPS) is 12.7. The van der Waals surface area contributed by atoms with E-state index in [1.54, 1.807) is 23.5 Å². The maximum absolute atomic E-state index is 13.6. The van der Waals surface area contributed by atoms with Gasteiger partial charge < -0.3 is 5.73 Å². The third-order valence-corrected chi connectivity index (χ3v) is 3.50. The molecule has 1 heterocycles. The smallest absolute Gasteiger partial charge is 0.127 e. The summed E-state index contributed by atoms with van der Waals surface area (Å²) < 4.78 is 13.6. The summed E-state index contributed by atoms with van der Waals surface area (Å²) >= 11 is 7.24. The zero-order valence-electron chi connectivity index (χ0n) is 9.28. The Balaban J connectivity index is 2.15. The zero-order chi connectivity index (χ0) is 12.4. The van der Waals surface area contributed by atoms with Gasteiger partial charge in [-0.15, -0.1) is 11.3 Å². The van der Waals surface area contributed by atoms with Crippen LogP contribution in [-0.2, 0) is 6.42 Å². The Bertz CT molecular complexity index is 527. The van der Waals surface area contributed by atoms with Gasteiger partial charge in [-0.3, -0.25) is 0 Å². The lowest BCUT2D eigenvalue weighted by atomic mass is 10.0. The molecule has 0 amide bonds. The molecule has 2 aromatic rings. The molecule has 0 aliphatic heterocycles. The van der Waals surface area contributed by atoms with E-state index in [-0.39, 0.29) is 11.9 Å². The molecule has 0 aliphatic rings. The summed E-state index contributed by atoms with van der Waals surface area (Å²) in [7, 11) is 0. The minimum absolute atomic E-state index is 0.282. The largest absolute Gasteiger partial charge is 0.322 e. The van der Waals surface area contributed by atoms with Gasteiger partial charge in [0.05, 0.1) is 16.7 Å². The monoisotopic (exact) mass is 270 g/mol. The Labute approximate surface area is 108 Å². The van der Waals surface area contributed by atoms with Gasteiger partial charge in [0.1, 0.15) is 5.82 Å². The lowest BCUT2D eigenvalue weighted by Gasteiger charge is -2.09. The Morgan fingerprint density at radius 2 is 2.29 bits per heavy atom. The molecule has 1 aromatic heterocycles. The first kappa shape index (κ1) is 12.5. The van der Waals surface area contributed by atoms with Crippen molar-refractivity contribution in [2.24, 2.45) is 5.73 Å². The second kappa shape index (κ2) is 5.12. The average Bonchev–Trinajstić information content (AvgIpc) is 2.69. The minimum atomic E-state index is -0.320. The van der Waals surface area contributed by atoms with Crippen molar-refractivity contribution in [3.63, 3.8) is 0 Å². The molecule has 1 atom stereocenters. The number of thiazole rings is 1. The van der Waals surface area contributed by atoms with Crippen molar-refractivity contribution in [1.82, 2.24) is 4.98 Å². The summed E-state index contributed by atoms with van der Waals surface area (Å²) in [4.78, 5) is 4.30. The van der Waals surface area contributed by atoms with Gasteiger partial charge in [0, 0.05) is 10.4 Å². The maximum Gasteiger partial charge on any atom is 0.127 e. The van der Waals surface area contributed by atoms with Gasteiger partial charge in [0.15, 0.2) is 0 Å². The fraction of sp³-hybridized carbons (Fsp3) is 0.250. The van der Waals surface area contributed by atoms with E-state index in [2.05, 4.69) is 4.98 Å². The highest BCUT2D eigenvalue weighted by Gasteiger charge is 2.13. The van der Waals surface area contributed by atoms with E-state index >= 15 is 0 Å². The van der Waals surface area contributed by atoms with Crippen LogP contribution in [0, 0.1) is 12.7 Å². The highest BCUT2D eigenvalue weighted by atomic mass is 35.5. The number of hydrogen-bond acceptors (Lipinski definition) is 3. The molecular weight excluding hydrogens is 259 g/mol. The Morgan fingerprint density at radius 3 is 2.88 bits per heavy atom. The maximum atomic E-state index is 13.6. The number of nitrogens with zero attached hydrogens (tertiary/aromatic N) is 1. The third-order valence-electron chi connectivity index (χ3n) is 2.47. The minimum Gasteiger partial charge on any atom is -0.322 e. The topological polar surface area (TPSA) is 38.9 Å². The van der Waals surface area contributed by atoms with Crippen LogP contribution in [0.4, 0.5) is 4.39 Å². The summed E-state index contributed by atoms with van der Waals surface area (Å²) in [6.45, 7) is 1.92. The van der Waals surface area contributed by atoms with Crippen molar-refractivity contribution >= 4 is 22.9 Å². The number of rotatable bonds is 3. The average molecular weight is 271 g/mol. The third kappa shape index (κ3) is 3.03. The fourth-order valence-corrected chi connectivity index (χ4v) is 2.41. The van der Waals surface area contributed by atoms with E-state index in [4.69, 9.17) is 17.3 Å². The molecule has 0 bridgehead atoms. The van der Waals surface area contributed by atoms with Crippen LogP contribution in [0.3, 0.4) is 0 Å². The molecule has 0 saturated heterocycles. The number of hydrogen-bond donors (Lipinski definition) is 1. The van der Waals surface area contributed by atoms with Crippen molar-refractivity contribution < 1.29 is 4.39 Å². The van der Waals surface area contributed by atoms with Crippen molar-refractivity contribution in [2.45, 2.75) is 19.4 Å². The van der Waals surface area contributed by atoms with Crippen LogP contribution in [0.2, 0.25) is 5.02 Å². The summed E-state index contributed by atoms with van der Waals surface area (Å²) in [6, 6.07) is 4.35. The molecule has 2 N–H and O–H groups in total. The fourth-order valence-electron chi connectivity index (χ4n) is 1.58. The van der Waals surface area contributed by atoms with Gasteiger partial charge in [0.2, 0.25) is 0 Å². The molecule has 2 rings (SSSR count). The zero-order valence-corrected chi connectivity index (χ0v) is 10.9. The summed E-state index contributed by atoms with van der Waals surface area (Å²) in [5.41, 5.74) is 7.36. The molecule has 0 aliphatic carbocycles. The van der Waals surface area contributed by atoms with E-state index in [0.717, 1.165) is 10.7 Å². The van der Waals surface area contributed by atoms with Gasteiger partial charge >= 0.3 is 0 Å². The first-order valence-electron chi connectivity index (χ1n) is 5.18. The van der Waals surface area contributed by atoms with Crippen molar-refractivity contribution in [3.8, 4) is 0 Å². The van der Waals surface area contributed by atoms with Crippen LogP contribution in [-0.4, -0.2) is 4.98 Å². The molecule has 0 saturated carbocycles. The number of benzene rings is 1. The summed E-state index contributed by atoms with van der Waals surface area (Å²) in [5.74, 6) is -0.320. The highest BCUT2D eigenvalue weighted by Crippen LogP contribution is 2.21. The molecule has 0 spiro atoms. The van der Waals surface area contributed by atoms with E-state index in [1.165, 1.54) is 6.07 Å². The summed E-state index contributed by atoms with van der Waals surface area (Å²) in [6.07, 6.45) is 0.423. The standard InChI is InChI=1S/C12H12ClFN2S/c1-7-16-12(6-17-7)11(15)4-8-2-3-9(13)5-10(8)14/h2-3,5-6,11H,4,15H2,1H3. The highest BCUT2D eigenvalue weighted by molar-refractivity contribution is 7.09. The Hall–Kier alpha value is -0.970. The molecule has 17 heavy (non-hydrogen) atoms. The summed E-state index contributed by atoms with van der Waals surface area (Å²) in [5, 5.41) is 3.27. The van der Waals surface area contributed by atoms with Crippen molar-refractivity contribution in [3.05, 3.63) is 50.7 Å². The second-order valence-electron chi connectivity index (χ2n) is 3.84. The lowest BCUT2D eigenvalue weighted by molar-refractivity contribution is 0.590. The predicted molar refractivity (Wildman–Crippen MR) is 68.9 cm³/mol. The number of aromatic nitrogens is 1. The number of nitrogens with two attached hydrogens (primary N) is 1. The van der Waals surface area contributed by atoms with Crippen molar-refractivity contribution in [2.75, 3.05) is 0 Å². The lowest BCUT2D eigenvalue weighted by Crippen LogP contribution is -2.14. The number of halogens is 2. The van der Waals surface area contributed by atoms with Crippen LogP contribution in [0.25, 0.3) is 0 Å². The predicted octanol–water partition coefficient (Wildman–Crippen LogP) is 3.49. The molecule has 1 unspecified atom stereocenters. The Kier molecular flexibility index (Phi) is 3.76. The van der Waals surface area contributed by atoms with Gasteiger partial charge in [-0.1, -0.05) is 17.7 Å². The van der Waals surface area contributed by atoms with Crippen LogP contribution in [0.1, 0.15) is 22.3 Å². The van der Waals surface area contributed by atoms with Gasteiger partial charge in [-0.2, -0.15) is 0 Å². The van der Waals surface area contributed by atoms with Gasteiger partial charge in [-0.25, -0.2) is 9.37 Å². The van der Waals surface area contributed by atoms with E-state index in [0.29, 0.717) is 17.0 Å². The quantitative estimate of drug-likeness (QED) is 0.927.